The Morgan fingerprint density at radius 1 is 1.21 bits per heavy atom. The normalized spacial score (nSPS) is 15.4. The van der Waals surface area contributed by atoms with Crippen molar-refractivity contribution in [1.29, 1.82) is 0 Å². The van der Waals surface area contributed by atoms with Crippen molar-refractivity contribution in [1.82, 2.24) is 4.90 Å². The number of carbonyl (C=O) groups excluding carboxylic acids is 2. The maximum Gasteiger partial charge on any atom is 0.410 e. The fourth-order valence-electron chi connectivity index (χ4n) is 2.44. The lowest BCUT2D eigenvalue weighted by atomic mass is 10.1. The van der Waals surface area contributed by atoms with Crippen molar-refractivity contribution >= 4 is 23.7 Å². The van der Waals surface area contributed by atoms with Gasteiger partial charge in [0.1, 0.15) is 12.1 Å². The number of amides is 2. The van der Waals surface area contributed by atoms with Gasteiger partial charge in [-0.05, 0) is 45.4 Å². The Labute approximate surface area is 140 Å². The zero-order valence-electron chi connectivity index (χ0n) is 14.3. The number of aryl methyl sites for hydroxylation is 1. The van der Waals surface area contributed by atoms with Gasteiger partial charge in [0.25, 0.3) is 0 Å². The van der Waals surface area contributed by atoms with Crippen LogP contribution < -0.4 is 4.90 Å². The Morgan fingerprint density at radius 3 is 2.42 bits per heavy atom. The molecule has 0 aliphatic carbocycles. The molecule has 1 aromatic carbocycles. The summed E-state index contributed by atoms with van der Waals surface area (Å²) in [7, 11) is 0. The van der Waals surface area contributed by atoms with Gasteiger partial charge in [0, 0.05) is 18.8 Å². The number of anilines is 1. The molecular weight excluding hydrogens is 312 g/mol. The van der Waals surface area contributed by atoms with Crippen LogP contribution in [0.4, 0.5) is 10.5 Å². The van der Waals surface area contributed by atoms with Crippen LogP contribution in [0, 0.1) is 6.92 Å². The van der Waals surface area contributed by atoms with E-state index in [2.05, 4.69) is 0 Å². The van der Waals surface area contributed by atoms with E-state index >= 15 is 0 Å². The summed E-state index contributed by atoms with van der Waals surface area (Å²) in [5, 5.41) is 9.20. The van der Waals surface area contributed by atoms with Crippen LogP contribution >= 0.6 is 0 Å². The van der Waals surface area contributed by atoms with Crippen molar-refractivity contribution in [2.45, 2.75) is 33.3 Å². The van der Waals surface area contributed by atoms with Crippen LogP contribution in [0.15, 0.2) is 18.2 Å². The molecular formula is C17H22N2O5. The lowest BCUT2D eigenvalue weighted by molar-refractivity contribution is -0.121. The van der Waals surface area contributed by atoms with Gasteiger partial charge in [-0.25, -0.2) is 9.59 Å². The quantitative estimate of drug-likeness (QED) is 0.896. The maximum absolute atomic E-state index is 12.4. The van der Waals surface area contributed by atoms with Crippen LogP contribution in [0.2, 0.25) is 0 Å². The number of carbonyl (C=O) groups is 3. The number of piperazine rings is 1. The topological polar surface area (TPSA) is 87.2 Å². The average Bonchev–Trinajstić information content (AvgIpc) is 2.46. The van der Waals surface area contributed by atoms with E-state index in [1.54, 1.807) is 39.8 Å². The Balaban J connectivity index is 2.12. The fourth-order valence-corrected chi connectivity index (χ4v) is 2.44. The zero-order chi connectivity index (χ0) is 18.1. The van der Waals surface area contributed by atoms with Gasteiger partial charge in [-0.15, -0.1) is 0 Å². The van der Waals surface area contributed by atoms with Gasteiger partial charge in [0.2, 0.25) is 5.91 Å². The molecule has 1 saturated heterocycles. The second kappa shape index (κ2) is 6.51. The minimum Gasteiger partial charge on any atom is -0.478 e. The second-order valence-electron chi connectivity index (χ2n) is 6.75. The lowest BCUT2D eigenvalue weighted by Gasteiger charge is -2.35. The van der Waals surface area contributed by atoms with Gasteiger partial charge in [0.15, 0.2) is 0 Å². The maximum atomic E-state index is 12.4. The SMILES string of the molecule is Cc1ccc(N2CCN(C(=O)OC(C)(C)C)CC2=O)cc1C(=O)O. The van der Waals surface area contributed by atoms with Gasteiger partial charge >= 0.3 is 12.1 Å². The van der Waals surface area contributed by atoms with Crippen LogP contribution in [0.1, 0.15) is 36.7 Å². The molecule has 0 saturated carbocycles. The highest BCUT2D eigenvalue weighted by Gasteiger charge is 2.31. The van der Waals surface area contributed by atoms with E-state index in [1.807, 2.05) is 0 Å². The van der Waals surface area contributed by atoms with Crippen LogP contribution in [0.25, 0.3) is 0 Å². The fraction of sp³-hybridized carbons (Fsp3) is 0.471. The zero-order valence-corrected chi connectivity index (χ0v) is 14.3. The van der Waals surface area contributed by atoms with Crippen LogP contribution in [-0.4, -0.2) is 53.2 Å². The van der Waals surface area contributed by atoms with Crippen molar-refractivity contribution in [3.8, 4) is 0 Å². The van der Waals surface area contributed by atoms with Crippen molar-refractivity contribution in [3.05, 3.63) is 29.3 Å². The first-order chi connectivity index (χ1) is 11.1. The molecule has 1 fully saturated rings. The summed E-state index contributed by atoms with van der Waals surface area (Å²) in [6.45, 7) is 7.53. The molecule has 130 valence electrons. The van der Waals surface area contributed by atoms with E-state index in [0.717, 1.165) is 0 Å². The predicted octanol–water partition coefficient (Wildman–Crippen LogP) is 2.28. The Morgan fingerprint density at radius 2 is 1.88 bits per heavy atom. The summed E-state index contributed by atoms with van der Waals surface area (Å²) in [6.07, 6.45) is -0.523. The van der Waals surface area contributed by atoms with E-state index in [9.17, 15) is 19.5 Å². The van der Waals surface area contributed by atoms with E-state index in [4.69, 9.17) is 4.74 Å². The molecule has 2 amide bonds. The van der Waals surface area contributed by atoms with Crippen molar-refractivity contribution < 1.29 is 24.2 Å². The molecule has 1 aliphatic heterocycles. The molecule has 24 heavy (non-hydrogen) atoms. The smallest absolute Gasteiger partial charge is 0.410 e. The molecule has 1 aromatic rings. The van der Waals surface area contributed by atoms with Gasteiger partial charge in [-0.2, -0.15) is 0 Å². The monoisotopic (exact) mass is 334 g/mol. The van der Waals surface area contributed by atoms with Crippen molar-refractivity contribution in [2.75, 3.05) is 24.5 Å². The van der Waals surface area contributed by atoms with Crippen molar-refractivity contribution in [2.24, 2.45) is 0 Å². The van der Waals surface area contributed by atoms with Crippen LogP contribution in [0.5, 0.6) is 0 Å². The van der Waals surface area contributed by atoms with Gasteiger partial charge in [-0.3, -0.25) is 9.69 Å². The van der Waals surface area contributed by atoms with E-state index < -0.39 is 17.7 Å². The van der Waals surface area contributed by atoms with Crippen LogP contribution in [-0.2, 0) is 9.53 Å². The predicted molar refractivity (Wildman–Crippen MR) is 88.3 cm³/mol. The highest BCUT2D eigenvalue weighted by atomic mass is 16.6. The summed E-state index contributed by atoms with van der Waals surface area (Å²) < 4.78 is 5.27. The minimum atomic E-state index is -1.03. The summed E-state index contributed by atoms with van der Waals surface area (Å²) in [5.74, 6) is -1.30. The molecule has 1 heterocycles. The molecule has 7 heteroatoms. The number of hydrogen-bond acceptors (Lipinski definition) is 4. The first kappa shape index (κ1) is 17.8. The second-order valence-corrected chi connectivity index (χ2v) is 6.75. The van der Waals surface area contributed by atoms with Crippen LogP contribution in [0.3, 0.4) is 0 Å². The summed E-state index contributed by atoms with van der Waals surface area (Å²) >= 11 is 0. The number of carboxylic acid groups (broad SMARTS) is 1. The Bertz CT molecular complexity index is 678. The first-order valence-electron chi connectivity index (χ1n) is 7.71. The summed E-state index contributed by atoms with van der Waals surface area (Å²) in [4.78, 5) is 38.5. The number of benzene rings is 1. The molecule has 1 N–H and O–H groups in total. The molecule has 0 unspecified atom stereocenters. The Kier molecular flexibility index (Phi) is 4.82. The largest absolute Gasteiger partial charge is 0.478 e. The van der Waals surface area contributed by atoms with Gasteiger partial charge in [-0.1, -0.05) is 6.07 Å². The number of rotatable bonds is 2. The standard InChI is InChI=1S/C17H22N2O5/c1-11-5-6-12(9-13(11)15(21)22)19-8-7-18(10-14(19)20)16(23)24-17(2,3)4/h5-6,9H,7-8,10H2,1-4H3,(H,21,22). The minimum absolute atomic E-state index is 0.0921. The number of hydrogen-bond donors (Lipinski definition) is 1. The number of nitrogens with zero attached hydrogens (tertiary/aromatic N) is 2. The number of ether oxygens (including phenoxy) is 1. The highest BCUT2D eigenvalue weighted by molar-refractivity contribution is 5.99. The summed E-state index contributed by atoms with van der Waals surface area (Å²) in [5.41, 5.74) is 0.692. The van der Waals surface area contributed by atoms with E-state index in [1.165, 1.54) is 15.9 Å². The summed E-state index contributed by atoms with van der Waals surface area (Å²) in [6, 6.07) is 4.87. The molecule has 7 nitrogen and oxygen atoms in total. The highest BCUT2D eigenvalue weighted by Crippen LogP contribution is 2.22. The van der Waals surface area contributed by atoms with Gasteiger partial charge < -0.3 is 14.7 Å². The third-order valence-electron chi connectivity index (χ3n) is 3.64. The molecule has 0 atom stereocenters. The number of aromatic carboxylic acids is 1. The molecule has 0 radical (unpaired) electrons. The molecule has 0 bridgehead atoms. The molecule has 1 aliphatic rings. The van der Waals surface area contributed by atoms with Crippen molar-refractivity contribution in [3.63, 3.8) is 0 Å². The van der Waals surface area contributed by atoms with E-state index in [0.29, 0.717) is 24.3 Å². The Hall–Kier alpha value is -2.57. The molecule has 0 spiro atoms. The average molecular weight is 334 g/mol. The molecule has 2 rings (SSSR count). The third-order valence-corrected chi connectivity index (χ3v) is 3.64. The third kappa shape index (κ3) is 4.04. The first-order valence-corrected chi connectivity index (χ1v) is 7.71. The molecule has 0 aromatic heterocycles. The lowest BCUT2D eigenvalue weighted by Crippen LogP contribution is -2.53. The number of carboxylic acids is 1. The van der Waals surface area contributed by atoms with E-state index in [-0.39, 0.29) is 18.0 Å². The van der Waals surface area contributed by atoms with Gasteiger partial charge in [0.05, 0.1) is 5.56 Å².